The summed E-state index contributed by atoms with van der Waals surface area (Å²) < 4.78 is 3.12. The fraction of sp³-hybridized carbons (Fsp3) is 0.643. The van der Waals surface area contributed by atoms with Crippen LogP contribution in [0.25, 0.3) is 0 Å². The Balaban J connectivity index is 1.64. The molecule has 1 heterocycles. The van der Waals surface area contributed by atoms with Gasteiger partial charge < -0.3 is 9.88 Å². The summed E-state index contributed by atoms with van der Waals surface area (Å²) in [5, 5.41) is 3.10. The maximum Gasteiger partial charge on any atom is 0.267 e. The molecule has 3 nitrogen and oxygen atoms in total. The van der Waals surface area contributed by atoms with E-state index in [1.807, 2.05) is 12.3 Å². The number of carbonyl (C=O) groups is 1. The van der Waals surface area contributed by atoms with E-state index in [0.717, 1.165) is 16.7 Å². The van der Waals surface area contributed by atoms with E-state index in [0.29, 0.717) is 12.0 Å². The Morgan fingerprint density at radius 1 is 1.33 bits per heavy atom. The molecule has 1 N–H and O–H groups in total. The van der Waals surface area contributed by atoms with Gasteiger partial charge in [0.05, 0.1) is 0 Å². The Kier molecular flexibility index (Phi) is 3.46. The topological polar surface area (TPSA) is 34.0 Å². The predicted octanol–water partition coefficient (Wildman–Crippen LogP) is 3.51. The molecule has 1 amide bonds. The van der Waals surface area contributed by atoms with Crippen LogP contribution in [0, 0.1) is 5.92 Å². The zero-order valence-corrected chi connectivity index (χ0v) is 12.1. The van der Waals surface area contributed by atoms with Gasteiger partial charge in [-0.3, -0.25) is 4.79 Å². The first-order valence-corrected chi connectivity index (χ1v) is 7.69. The van der Waals surface area contributed by atoms with Gasteiger partial charge in [0.25, 0.3) is 5.91 Å². The van der Waals surface area contributed by atoms with Gasteiger partial charge in [-0.05, 0) is 53.6 Å². The molecule has 2 aliphatic carbocycles. The van der Waals surface area contributed by atoms with Crippen molar-refractivity contribution < 1.29 is 4.79 Å². The summed E-state index contributed by atoms with van der Waals surface area (Å²) in [4.78, 5) is 12.2. The Bertz CT molecular complexity index is 445. The molecule has 0 radical (unpaired) electrons. The lowest BCUT2D eigenvalue weighted by atomic mass is 10.1. The summed E-state index contributed by atoms with van der Waals surface area (Å²) in [6.45, 7) is 0.840. The highest BCUT2D eigenvalue weighted by Crippen LogP contribution is 2.37. The van der Waals surface area contributed by atoms with E-state index in [1.54, 1.807) is 0 Å². The molecular weight excluding hydrogens is 292 g/mol. The van der Waals surface area contributed by atoms with E-state index in [9.17, 15) is 4.79 Å². The van der Waals surface area contributed by atoms with Gasteiger partial charge in [-0.1, -0.05) is 12.8 Å². The lowest BCUT2D eigenvalue weighted by molar-refractivity contribution is 0.0938. The van der Waals surface area contributed by atoms with Crippen LogP contribution in [-0.4, -0.2) is 17.0 Å². The molecule has 3 rings (SSSR count). The Morgan fingerprint density at radius 3 is 2.72 bits per heavy atom. The number of hydrogen-bond acceptors (Lipinski definition) is 1. The molecule has 2 saturated carbocycles. The maximum atomic E-state index is 12.2. The number of nitrogens with zero attached hydrogens (tertiary/aromatic N) is 1. The van der Waals surface area contributed by atoms with Crippen LogP contribution in [0.5, 0.6) is 0 Å². The zero-order chi connectivity index (χ0) is 12.5. The molecule has 0 aromatic carbocycles. The van der Waals surface area contributed by atoms with E-state index in [4.69, 9.17) is 0 Å². The number of aromatic nitrogens is 1. The smallest absolute Gasteiger partial charge is 0.267 e. The fourth-order valence-electron chi connectivity index (χ4n) is 2.82. The third-order valence-electron chi connectivity index (χ3n) is 4.01. The number of nitrogens with one attached hydrogen (secondary N) is 1. The summed E-state index contributed by atoms with van der Waals surface area (Å²) in [6.07, 6.45) is 9.62. The van der Waals surface area contributed by atoms with Crippen LogP contribution >= 0.6 is 15.9 Å². The third kappa shape index (κ3) is 2.63. The van der Waals surface area contributed by atoms with Gasteiger partial charge in [-0.2, -0.15) is 0 Å². The predicted molar refractivity (Wildman–Crippen MR) is 74.7 cm³/mol. The van der Waals surface area contributed by atoms with Crippen LogP contribution < -0.4 is 5.32 Å². The molecule has 0 spiro atoms. The molecule has 2 aliphatic rings. The molecule has 0 bridgehead atoms. The Labute approximate surface area is 116 Å². The highest BCUT2D eigenvalue weighted by molar-refractivity contribution is 9.10. The van der Waals surface area contributed by atoms with Crippen molar-refractivity contribution in [2.75, 3.05) is 6.54 Å². The number of halogens is 1. The Morgan fingerprint density at radius 2 is 2.06 bits per heavy atom. The lowest BCUT2D eigenvalue weighted by Crippen LogP contribution is -2.29. The van der Waals surface area contributed by atoms with E-state index in [-0.39, 0.29) is 5.91 Å². The number of carbonyl (C=O) groups excluding carboxylic acids is 1. The summed E-state index contributed by atoms with van der Waals surface area (Å²) in [6, 6.07) is 2.48. The highest BCUT2D eigenvalue weighted by Gasteiger charge is 2.28. The van der Waals surface area contributed by atoms with Crippen LogP contribution in [0.3, 0.4) is 0 Å². The molecule has 0 saturated heterocycles. The van der Waals surface area contributed by atoms with Gasteiger partial charge in [0, 0.05) is 23.3 Å². The minimum Gasteiger partial charge on any atom is -0.350 e. The van der Waals surface area contributed by atoms with E-state index < -0.39 is 0 Å². The van der Waals surface area contributed by atoms with Crippen molar-refractivity contribution in [2.45, 2.75) is 44.6 Å². The van der Waals surface area contributed by atoms with Gasteiger partial charge in [-0.15, -0.1) is 0 Å². The number of amides is 1. The van der Waals surface area contributed by atoms with Crippen LogP contribution in [-0.2, 0) is 0 Å². The average molecular weight is 311 g/mol. The van der Waals surface area contributed by atoms with E-state index >= 15 is 0 Å². The molecule has 1 aromatic heterocycles. The SMILES string of the molecule is O=C(NCC1CCCC1)c1cc(Br)cn1C1CC1. The van der Waals surface area contributed by atoms with Crippen molar-refractivity contribution >= 4 is 21.8 Å². The monoisotopic (exact) mass is 310 g/mol. The van der Waals surface area contributed by atoms with Crippen LogP contribution in [0.15, 0.2) is 16.7 Å². The van der Waals surface area contributed by atoms with Crippen molar-refractivity contribution in [3.05, 3.63) is 22.4 Å². The van der Waals surface area contributed by atoms with Crippen LogP contribution in [0.2, 0.25) is 0 Å². The quantitative estimate of drug-likeness (QED) is 0.907. The molecule has 0 atom stereocenters. The van der Waals surface area contributed by atoms with Gasteiger partial charge in [0.1, 0.15) is 5.69 Å². The third-order valence-corrected chi connectivity index (χ3v) is 4.45. The van der Waals surface area contributed by atoms with Crippen LogP contribution in [0.4, 0.5) is 0 Å². The van der Waals surface area contributed by atoms with Gasteiger partial charge >= 0.3 is 0 Å². The first-order chi connectivity index (χ1) is 8.74. The van der Waals surface area contributed by atoms with Crippen molar-refractivity contribution in [3.8, 4) is 0 Å². The lowest BCUT2D eigenvalue weighted by Gasteiger charge is -2.12. The number of rotatable bonds is 4. The molecule has 0 unspecified atom stereocenters. The highest BCUT2D eigenvalue weighted by atomic mass is 79.9. The molecule has 98 valence electrons. The first kappa shape index (κ1) is 12.3. The standard InChI is InChI=1S/C14H19BrN2O/c15-11-7-13(17(9-11)12-5-6-12)14(18)16-8-10-3-1-2-4-10/h7,9-10,12H,1-6,8H2,(H,16,18). The fourth-order valence-corrected chi connectivity index (χ4v) is 3.26. The van der Waals surface area contributed by atoms with Gasteiger partial charge in [0.15, 0.2) is 0 Å². The summed E-state index contributed by atoms with van der Waals surface area (Å²) >= 11 is 3.46. The molecule has 4 heteroatoms. The maximum absolute atomic E-state index is 12.2. The average Bonchev–Trinajstić information content (AvgIpc) is 2.92. The zero-order valence-electron chi connectivity index (χ0n) is 10.5. The largest absolute Gasteiger partial charge is 0.350 e. The van der Waals surface area contributed by atoms with Gasteiger partial charge in [-0.25, -0.2) is 0 Å². The molecule has 1 aromatic rings. The summed E-state index contributed by atoms with van der Waals surface area (Å²) in [5.74, 6) is 0.779. The minimum atomic E-state index is 0.0829. The van der Waals surface area contributed by atoms with Crippen molar-refractivity contribution in [1.82, 2.24) is 9.88 Å². The second-order valence-electron chi connectivity index (χ2n) is 5.54. The minimum absolute atomic E-state index is 0.0829. The molecule has 0 aliphatic heterocycles. The Hall–Kier alpha value is -0.770. The first-order valence-electron chi connectivity index (χ1n) is 6.89. The van der Waals surface area contributed by atoms with Crippen LogP contribution in [0.1, 0.15) is 55.1 Å². The van der Waals surface area contributed by atoms with Crippen molar-refractivity contribution in [2.24, 2.45) is 5.92 Å². The summed E-state index contributed by atoms with van der Waals surface area (Å²) in [7, 11) is 0. The van der Waals surface area contributed by atoms with E-state index in [1.165, 1.54) is 38.5 Å². The molecular formula is C14H19BrN2O. The van der Waals surface area contributed by atoms with E-state index in [2.05, 4.69) is 25.8 Å². The second kappa shape index (κ2) is 5.08. The number of hydrogen-bond donors (Lipinski definition) is 1. The molecule has 2 fully saturated rings. The summed E-state index contributed by atoms with van der Waals surface area (Å²) in [5.41, 5.74) is 0.808. The van der Waals surface area contributed by atoms with Crippen molar-refractivity contribution in [3.63, 3.8) is 0 Å². The normalized spacial score (nSPS) is 20.3. The van der Waals surface area contributed by atoms with Crippen molar-refractivity contribution in [1.29, 1.82) is 0 Å². The second-order valence-corrected chi connectivity index (χ2v) is 6.46. The van der Waals surface area contributed by atoms with Gasteiger partial charge in [0.2, 0.25) is 0 Å². The molecule has 18 heavy (non-hydrogen) atoms.